The van der Waals surface area contributed by atoms with Gasteiger partial charge in [-0.15, -0.1) is 10.2 Å². The average Bonchev–Trinajstić information content (AvgIpc) is 3.32. The van der Waals surface area contributed by atoms with Crippen molar-refractivity contribution in [2.75, 3.05) is 11.9 Å². The highest BCUT2D eigenvalue weighted by molar-refractivity contribution is 6.01. The molecule has 8 nitrogen and oxygen atoms in total. The van der Waals surface area contributed by atoms with E-state index in [0.717, 1.165) is 28.9 Å². The predicted octanol–water partition coefficient (Wildman–Crippen LogP) is 5.73. The van der Waals surface area contributed by atoms with Crippen LogP contribution in [0.2, 0.25) is 0 Å². The second kappa shape index (κ2) is 11.6. The van der Waals surface area contributed by atoms with E-state index in [9.17, 15) is 18.7 Å². The molecule has 0 saturated heterocycles. The van der Waals surface area contributed by atoms with Crippen LogP contribution in [-0.2, 0) is 6.42 Å². The minimum Gasteiger partial charge on any atom is -0.494 e. The minimum atomic E-state index is -2.57. The number of amides is 1. The topological polar surface area (TPSA) is 113 Å². The molecule has 0 radical (unpaired) electrons. The third kappa shape index (κ3) is 7.80. The van der Waals surface area contributed by atoms with E-state index in [-0.39, 0.29) is 24.6 Å². The molecule has 0 atom stereocenters. The fourth-order valence-electron chi connectivity index (χ4n) is 4.61. The standard InChI is InChI=1S/C28H35F2N5O3/c1-18-5-6-21(38-14-4-10-27(2,3)37)17-22(18)20-9-13-31-23(16-20)33-26(36)25-32-24(34-35-25)15-19-7-11-28(29,30)12-8-19/h5-6,9,13,16-17,19,37H,4,7-8,10-12,14-15H2,1-3H3,(H,31,33,36)(H,32,34,35). The van der Waals surface area contributed by atoms with Crippen LogP contribution in [0.15, 0.2) is 36.5 Å². The Labute approximate surface area is 221 Å². The molecule has 0 unspecified atom stereocenters. The number of nitrogens with one attached hydrogen (secondary N) is 2. The number of nitrogens with zero attached hydrogens (tertiary/aromatic N) is 3. The molecule has 1 amide bonds. The van der Waals surface area contributed by atoms with Crippen LogP contribution in [0.5, 0.6) is 5.75 Å². The zero-order chi connectivity index (χ0) is 27.3. The molecule has 204 valence electrons. The van der Waals surface area contributed by atoms with E-state index in [2.05, 4.69) is 25.5 Å². The van der Waals surface area contributed by atoms with Crippen molar-refractivity contribution in [1.29, 1.82) is 0 Å². The number of H-pyrrole nitrogens is 1. The van der Waals surface area contributed by atoms with Gasteiger partial charge in [0.15, 0.2) is 0 Å². The average molecular weight is 528 g/mol. The number of carbonyl (C=O) groups excluding carboxylic acids is 1. The van der Waals surface area contributed by atoms with Gasteiger partial charge in [0.05, 0.1) is 12.2 Å². The Morgan fingerprint density at radius 2 is 1.97 bits per heavy atom. The highest BCUT2D eigenvalue weighted by Crippen LogP contribution is 2.37. The molecule has 1 aromatic carbocycles. The van der Waals surface area contributed by atoms with E-state index >= 15 is 0 Å². The molecule has 0 spiro atoms. The Balaban J connectivity index is 1.37. The van der Waals surface area contributed by atoms with Crippen molar-refractivity contribution in [3.8, 4) is 16.9 Å². The van der Waals surface area contributed by atoms with E-state index < -0.39 is 17.4 Å². The summed E-state index contributed by atoms with van der Waals surface area (Å²) in [6, 6.07) is 9.47. The normalized spacial score (nSPS) is 15.8. The minimum absolute atomic E-state index is 0.0472. The van der Waals surface area contributed by atoms with Gasteiger partial charge in [-0.2, -0.15) is 0 Å². The first kappa shape index (κ1) is 27.6. The van der Waals surface area contributed by atoms with E-state index in [1.54, 1.807) is 26.1 Å². The Bertz CT molecular complexity index is 1250. The number of halogens is 2. The molecule has 1 saturated carbocycles. The molecule has 1 fully saturated rings. The van der Waals surface area contributed by atoms with Crippen LogP contribution < -0.4 is 10.1 Å². The highest BCUT2D eigenvalue weighted by Gasteiger charge is 2.35. The lowest BCUT2D eigenvalue weighted by molar-refractivity contribution is -0.0458. The zero-order valence-electron chi connectivity index (χ0n) is 22.1. The summed E-state index contributed by atoms with van der Waals surface area (Å²) in [4.78, 5) is 19.9. The molecule has 4 rings (SSSR count). The SMILES string of the molecule is Cc1ccc(OCCCC(C)(C)O)cc1-c1ccnc(NC(=O)c2nnc(CC3CCC(F)(F)CC3)[nH]2)c1. The summed E-state index contributed by atoms with van der Waals surface area (Å²) in [6.45, 7) is 6.05. The Kier molecular flexibility index (Phi) is 8.40. The molecule has 1 aliphatic carbocycles. The Morgan fingerprint density at radius 1 is 1.21 bits per heavy atom. The van der Waals surface area contributed by atoms with Gasteiger partial charge in [-0.05, 0) is 93.3 Å². The van der Waals surface area contributed by atoms with Crippen molar-refractivity contribution < 1.29 is 23.4 Å². The number of pyridine rings is 1. The first-order valence-corrected chi connectivity index (χ1v) is 13.0. The fraction of sp³-hybridized carbons (Fsp3) is 0.500. The predicted molar refractivity (Wildman–Crippen MR) is 140 cm³/mol. The molecule has 0 bridgehead atoms. The van der Waals surface area contributed by atoms with Gasteiger partial charge in [-0.3, -0.25) is 4.79 Å². The second-order valence-corrected chi connectivity index (χ2v) is 10.7. The Hall–Kier alpha value is -3.40. The summed E-state index contributed by atoms with van der Waals surface area (Å²) in [5, 5.41) is 20.6. The number of aromatic nitrogens is 4. The molecular formula is C28H35F2N5O3. The van der Waals surface area contributed by atoms with Crippen LogP contribution in [-0.4, -0.2) is 49.3 Å². The van der Waals surface area contributed by atoms with Gasteiger partial charge >= 0.3 is 0 Å². The largest absolute Gasteiger partial charge is 0.494 e. The van der Waals surface area contributed by atoms with Crippen molar-refractivity contribution in [1.82, 2.24) is 20.2 Å². The smallest absolute Gasteiger partial charge is 0.294 e. The number of carbonyl (C=O) groups is 1. The van der Waals surface area contributed by atoms with E-state index in [1.807, 2.05) is 31.2 Å². The number of benzene rings is 1. The first-order valence-electron chi connectivity index (χ1n) is 13.0. The third-order valence-electron chi connectivity index (χ3n) is 6.79. The molecule has 2 heterocycles. The number of ether oxygens (including phenoxy) is 1. The van der Waals surface area contributed by atoms with Crippen LogP contribution in [0.3, 0.4) is 0 Å². The molecule has 10 heteroatoms. The maximum Gasteiger partial charge on any atom is 0.294 e. The second-order valence-electron chi connectivity index (χ2n) is 10.7. The lowest BCUT2D eigenvalue weighted by atomic mass is 9.85. The molecule has 3 aromatic rings. The van der Waals surface area contributed by atoms with Gasteiger partial charge < -0.3 is 20.1 Å². The van der Waals surface area contributed by atoms with Gasteiger partial charge in [0.2, 0.25) is 11.7 Å². The van der Waals surface area contributed by atoms with Gasteiger partial charge in [-0.1, -0.05) is 6.07 Å². The van der Waals surface area contributed by atoms with Crippen molar-refractivity contribution in [3.63, 3.8) is 0 Å². The number of hydrogen-bond acceptors (Lipinski definition) is 6. The van der Waals surface area contributed by atoms with Crippen LogP contribution in [0.4, 0.5) is 14.6 Å². The van der Waals surface area contributed by atoms with E-state index in [1.165, 1.54) is 0 Å². The number of aromatic amines is 1. The van der Waals surface area contributed by atoms with Gasteiger partial charge in [0.1, 0.15) is 17.4 Å². The fourth-order valence-corrected chi connectivity index (χ4v) is 4.61. The summed E-state index contributed by atoms with van der Waals surface area (Å²) >= 11 is 0. The van der Waals surface area contributed by atoms with Gasteiger partial charge in [-0.25, -0.2) is 13.8 Å². The van der Waals surface area contributed by atoms with E-state index in [0.29, 0.717) is 43.9 Å². The number of anilines is 1. The monoisotopic (exact) mass is 527 g/mol. The lowest BCUT2D eigenvalue weighted by Crippen LogP contribution is -2.25. The number of hydrogen-bond donors (Lipinski definition) is 3. The molecule has 38 heavy (non-hydrogen) atoms. The number of aliphatic hydroxyl groups is 1. The summed E-state index contributed by atoms with van der Waals surface area (Å²) in [5.41, 5.74) is 2.13. The molecule has 2 aromatic heterocycles. The van der Waals surface area contributed by atoms with Crippen LogP contribution >= 0.6 is 0 Å². The maximum atomic E-state index is 13.4. The number of alkyl halides is 2. The zero-order valence-corrected chi connectivity index (χ0v) is 22.1. The summed E-state index contributed by atoms with van der Waals surface area (Å²) < 4.78 is 32.7. The summed E-state index contributed by atoms with van der Waals surface area (Å²) in [6.07, 6.45) is 4.11. The maximum absolute atomic E-state index is 13.4. The first-order chi connectivity index (χ1) is 18.0. The van der Waals surface area contributed by atoms with Crippen LogP contribution in [0.25, 0.3) is 11.1 Å². The van der Waals surface area contributed by atoms with Gasteiger partial charge in [0, 0.05) is 25.5 Å². The van der Waals surface area contributed by atoms with Crippen LogP contribution in [0, 0.1) is 12.8 Å². The van der Waals surface area contributed by atoms with Crippen molar-refractivity contribution in [3.05, 3.63) is 53.7 Å². The molecule has 0 aliphatic heterocycles. The Morgan fingerprint density at radius 3 is 2.71 bits per heavy atom. The highest BCUT2D eigenvalue weighted by atomic mass is 19.3. The van der Waals surface area contributed by atoms with Crippen LogP contribution in [0.1, 0.15) is 74.4 Å². The summed E-state index contributed by atoms with van der Waals surface area (Å²) in [5.74, 6) is -1.32. The number of rotatable bonds is 10. The van der Waals surface area contributed by atoms with Gasteiger partial charge in [0.25, 0.3) is 5.91 Å². The molecule has 1 aliphatic rings. The van der Waals surface area contributed by atoms with Crippen molar-refractivity contribution in [2.45, 2.75) is 77.2 Å². The molecule has 3 N–H and O–H groups in total. The number of aryl methyl sites for hydroxylation is 1. The third-order valence-corrected chi connectivity index (χ3v) is 6.79. The van der Waals surface area contributed by atoms with E-state index in [4.69, 9.17) is 4.74 Å². The summed E-state index contributed by atoms with van der Waals surface area (Å²) in [7, 11) is 0. The lowest BCUT2D eigenvalue weighted by Gasteiger charge is -2.27. The van der Waals surface area contributed by atoms with Crippen molar-refractivity contribution in [2.24, 2.45) is 5.92 Å². The van der Waals surface area contributed by atoms with Crippen molar-refractivity contribution >= 4 is 11.7 Å². The molecular weight excluding hydrogens is 492 g/mol. The quantitative estimate of drug-likeness (QED) is 0.291.